The van der Waals surface area contributed by atoms with E-state index in [1.807, 2.05) is 0 Å². The lowest BCUT2D eigenvalue weighted by Gasteiger charge is -1.98. The van der Waals surface area contributed by atoms with Gasteiger partial charge in [-0.1, -0.05) is 6.92 Å². The van der Waals surface area contributed by atoms with Crippen LogP contribution >= 0.6 is 0 Å². The van der Waals surface area contributed by atoms with Crippen LogP contribution in [0.4, 0.5) is 0 Å². The van der Waals surface area contributed by atoms with Crippen molar-refractivity contribution in [3.05, 3.63) is 35.9 Å². The van der Waals surface area contributed by atoms with Crippen molar-refractivity contribution in [1.29, 1.82) is 0 Å². The first-order chi connectivity index (χ1) is 7.72. The van der Waals surface area contributed by atoms with Crippen molar-refractivity contribution >= 4 is 5.78 Å². The third-order valence-corrected chi connectivity index (χ3v) is 2.40. The van der Waals surface area contributed by atoms with Crippen LogP contribution in [0.1, 0.15) is 29.4 Å². The average molecular weight is 218 g/mol. The lowest BCUT2D eigenvalue weighted by Crippen LogP contribution is -2.07. The number of hydrogen-bond acceptors (Lipinski definition) is 3. The highest BCUT2D eigenvalue weighted by molar-refractivity contribution is 6.07. The molecule has 0 unspecified atom stereocenters. The molecule has 0 aromatic carbocycles. The molecule has 0 atom stereocenters. The maximum atomic E-state index is 12.0. The largest absolute Gasteiger partial charge is 0.287 e. The first-order valence-corrected chi connectivity index (χ1v) is 5.27. The van der Waals surface area contributed by atoms with Crippen LogP contribution < -0.4 is 0 Å². The van der Waals surface area contributed by atoms with E-state index in [1.54, 1.807) is 41.1 Å². The molecule has 0 aliphatic carbocycles. The summed E-state index contributed by atoms with van der Waals surface area (Å²) in [5, 5.41) is 8.11. The SMILES string of the molecule is CCCn1cc(C(=O)c2ccnn2C)cn1. The second-order valence-corrected chi connectivity index (χ2v) is 3.66. The zero-order chi connectivity index (χ0) is 11.5. The normalized spacial score (nSPS) is 10.6. The average Bonchev–Trinajstić information content (AvgIpc) is 2.87. The topological polar surface area (TPSA) is 52.7 Å². The van der Waals surface area contributed by atoms with Gasteiger partial charge in [0.15, 0.2) is 0 Å². The van der Waals surface area contributed by atoms with E-state index in [2.05, 4.69) is 17.1 Å². The number of aryl methyl sites for hydroxylation is 2. The molecular formula is C11H14N4O. The van der Waals surface area contributed by atoms with Crippen molar-refractivity contribution in [2.75, 3.05) is 0 Å². The van der Waals surface area contributed by atoms with E-state index >= 15 is 0 Å². The summed E-state index contributed by atoms with van der Waals surface area (Å²) in [6.45, 7) is 2.91. The Kier molecular flexibility index (Phi) is 2.85. The van der Waals surface area contributed by atoms with Crippen LogP contribution in [0.3, 0.4) is 0 Å². The molecule has 0 radical (unpaired) electrons. The molecule has 5 nitrogen and oxygen atoms in total. The highest BCUT2D eigenvalue weighted by atomic mass is 16.1. The zero-order valence-corrected chi connectivity index (χ0v) is 9.42. The van der Waals surface area contributed by atoms with Gasteiger partial charge in [-0.05, 0) is 12.5 Å². The quantitative estimate of drug-likeness (QED) is 0.726. The van der Waals surface area contributed by atoms with E-state index in [-0.39, 0.29) is 5.78 Å². The van der Waals surface area contributed by atoms with Gasteiger partial charge in [-0.25, -0.2) is 0 Å². The summed E-state index contributed by atoms with van der Waals surface area (Å²) >= 11 is 0. The molecular weight excluding hydrogens is 204 g/mol. The summed E-state index contributed by atoms with van der Waals surface area (Å²) in [5.74, 6) is -0.0395. The first-order valence-electron chi connectivity index (χ1n) is 5.27. The highest BCUT2D eigenvalue weighted by Crippen LogP contribution is 2.08. The van der Waals surface area contributed by atoms with E-state index in [4.69, 9.17) is 0 Å². The van der Waals surface area contributed by atoms with Crippen molar-refractivity contribution in [1.82, 2.24) is 19.6 Å². The molecule has 16 heavy (non-hydrogen) atoms. The van der Waals surface area contributed by atoms with E-state index in [0.29, 0.717) is 11.3 Å². The van der Waals surface area contributed by atoms with Crippen LogP contribution in [-0.2, 0) is 13.6 Å². The van der Waals surface area contributed by atoms with Gasteiger partial charge in [-0.2, -0.15) is 10.2 Å². The fourth-order valence-corrected chi connectivity index (χ4v) is 1.58. The molecule has 0 aliphatic rings. The molecule has 2 heterocycles. The number of rotatable bonds is 4. The number of ketones is 1. The molecule has 0 amide bonds. The minimum Gasteiger partial charge on any atom is -0.287 e. The Hall–Kier alpha value is -1.91. The zero-order valence-electron chi connectivity index (χ0n) is 9.42. The monoisotopic (exact) mass is 218 g/mol. The molecule has 84 valence electrons. The van der Waals surface area contributed by atoms with Gasteiger partial charge in [0.1, 0.15) is 5.69 Å². The predicted octanol–water partition coefficient (Wildman–Crippen LogP) is 1.26. The molecule has 2 aromatic rings. The molecule has 0 fully saturated rings. The number of carbonyl (C=O) groups excluding carboxylic acids is 1. The Morgan fingerprint density at radius 3 is 2.88 bits per heavy atom. The smallest absolute Gasteiger partial charge is 0.214 e. The van der Waals surface area contributed by atoms with Crippen molar-refractivity contribution in [3.8, 4) is 0 Å². The second kappa shape index (κ2) is 4.30. The van der Waals surface area contributed by atoms with Crippen LogP contribution in [0, 0.1) is 0 Å². The third-order valence-electron chi connectivity index (χ3n) is 2.40. The van der Waals surface area contributed by atoms with Crippen molar-refractivity contribution in [2.24, 2.45) is 7.05 Å². The van der Waals surface area contributed by atoms with Crippen LogP contribution in [0.15, 0.2) is 24.7 Å². The summed E-state index contributed by atoms with van der Waals surface area (Å²) in [6.07, 6.45) is 5.99. The molecule has 2 rings (SSSR count). The fraction of sp³-hybridized carbons (Fsp3) is 0.364. The van der Waals surface area contributed by atoms with Crippen LogP contribution in [0.25, 0.3) is 0 Å². The molecule has 0 saturated carbocycles. The highest BCUT2D eigenvalue weighted by Gasteiger charge is 2.14. The van der Waals surface area contributed by atoms with E-state index in [1.165, 1.54) is 0 Å². The Balaban J connectivity index is 2.24. The maximum Gasteiger partial charge on any atom is 0.214 e. The van der Waals surface area contributed by atoms with Gasteiger partial charge >= 0.3 is 0 Å². The number of nitrogens with zero attached hydrogens (tertiary/aromatic N) is 4. The van der Waals surface area contributed by atoms with Crippen LogP contribution in [-0.4, -0.2) is 25.3 Å². The lowest BCUT2D eigenvalue weighted by molar-refractivity contribution is 0.103. The summed E-state index contributed by atoms with van der Waals surface area (Å²) in [7, 11) is 1.75. The molecule has 5 heteroatoms. The van der Waals surface area contributed by atoms with Gasteiger partial charge < -0.3 is 0 Å². The van der Waals surface area contributed by atoms with Crippen LogP contribution in [0.5, 0.6) is 0 Å². The maximum absolute atomic E-state index is 12.0. The molecule has 0 saturated heterocycles. The van der Waals surface area contributed by atoms with Gasteiger partial charge in [0.05, 0.1) is 11.8 Å². The minimum atomic E-state index is -0.0395. The number of aromatic nitrogens is 4. The van der Waals surface area contributed by atoms with Crippen LogP contribution in [0.2, 0.25) is 0 Å². The van der Waals surface area contributed by atoms with Gasteiger partial charge in [0.2, 0.25) is 5.78 Å². The van der Waals surface area contributed by atoms with Crippen molar-refractivity contribution < 1.29 is 4.79 Å². The Morgan fingerprint density at radius 1 is 1.44 bits per heavy atom. The summed E-state index contributed by atoms with van der Waals surface area (Å²) in [6, 6.07) is 1.71. The molecule has 0 bridgehead atoms. The van der Waals surface area contributed by atoms with Crippen molar-refractivity contribution in [2.45, 2.75) is 19.9 Å². The number of carbonyl (C=O) groups is 1. The van der Waals surface area contributed by atoms with Gasteiger partial charge in [0, 0.05) is 26.0 Å². The van der Waals surface area contributed by atoms with E-state index < -0.39 is 0 Å². The van der Waals surface area contributed by atoms with Gasteiger partial charge in [0.25, 0.3) is 0 Å². The third kappa shape index (κ3) is 1.88. The Bertz CT molecular complexity index is 498. The first kappa shape index (κ1) is 10.6. The standard InChI is InChI=1S/C11H14N4O/c1-3-6-15-8-9(7-13-15)11(16)10-4-5-12-14(10)2/h4-5,7-8H,3,6H2,1-2H3. The van der Waals surface area contributed by atoms with Crippen molar-refractivity contribution in [3.63, 3.8) is 0 Å². The van der Waals surface area contributed by atoms with Gasteiger partial charge in [-0.15, -0.1) is 0 Å². The molecule has 0 N–H and O–H groups in total. The number of hydrogen-bond donors (Lipinski definition) is 0. The minimum absolute atomic E-state index is 0.0395. The van der Waals surface area contributed by atoms with Gasteiger partial charge in [-0.3, -0.25) is 14.2 Å². The summed E-state index contributed by atoms with van der Waals surface area (Å²) in [4.78, 5) is 12.0. The fourth-order valence-electron chi connectivity index (χ4n) is 1.58. The Labute approximate surface area is 93.7 Å². The molecule has 0 spiro atoms. The lowest BCUT2D eigenvalue weighted by atomic mass is 10.2. The second-order valence-electron chi connectivity index (χ2n) is 3.66. The molecule has 0 aliphatic heterocycles. The predicted molar refractivity (Wildman–Crippen MR) is 59.2 cm³/mol. The van der Waals surface area contributed by atoms with E-state index in [0.717, 1.165) is 13.0 Å². The molecule has 2 aromatic heterocycles. The Morgan fingerprint density at radius 2 is 2.25 bits per heavy atom. The summed E-state index contributed by atoms with van der Waals surface area (Å²) in [5.41, 5.74) is 1.19. The van der Waals surface area contributed by atoms with E-state index in [9.17, 15) is 4.79 Å². The summed E-state index contributed by atoms with van der Waals surface area (Å²) < 4.78 is 3.35.